The van der Waals surface area contributed by atoms with Gasteiger partial charge in [0, 0.05) is 0 Å². The lowest BCUT2D eigenvalue weighted by Crippen LogP contribution is -2.25. The molecule has 5 nitrogen and oxygen atoms in total. The number of hydrogen-bond donors (Lipinski definition) is 0. The van der Waals surface area contributed by atoms with Crippen molar-refractivity contribution in [3.05, 3.63) is 35.6 Å². The van der Waals surface area contributed by atoms with Crippen LogP contribution in [0.5, 0.6) is 0 Å². The monoisotopic (exact) mass is 252 g/mol. The summed E-state index contributed by atoms with van der Waals surface area (Å²) < 4.78 is 14.2. The molecule has 0 radical (unpaired) electrons. The van der Waals surface area contributed by atoms with Gasteiger partial charge in [-0.2, -0.15) is 0 Å². The molecule has 1 aliphatic rings. The molecular weight excluding hydrogens is 236 g/mol. The lowest BCUT2D eigenvalue weighted by Gasteiger charge is -2.12. The number of methoxy groups -OCH3 is 3. The Balaban J connectivity index is 2.85. The molecule has 0 saturated heterocycles. The summed E-state index contributed by atoms with van der Waals surface area (Å²) in [6, 6.07) is 0. The number of rotatable bonds is 4. The molecule has 0 aromatic heterocycles. The summed E-state index contributed by atoms with van der Waals surface area (Å²) in [7, 11) is 4.05. The maximum Gasteiger partial charge on any atom is 0.324 e. The molecule has 18 heavy (non-hydrogen) atoms. The van der Waals surface area contributed by atoms with E-state index in [4.69, 9.17) is 4.74 Å². The van der Waals surface area contributed by atoms with Crippen molar-refractivity contribution in [2.24, 2.45) is 5.92 Å². The van der Waals surface area contributed by atoms with Crippen molar-refractivity contribution in [3.63, 3.8) is 0 Å². The highest BCUT2D eigenvalue weighted by molar-refractivity contribution is 5.97. The smallest absolute Gasteiger partial charge is 0.324 e. The van der Waals surface area contributed by atoms with Crippen LogP contribution in [0.25, 0.3) is 0 Å². The molecule has 0 amide bonds. The largest absolute Gasteiger partial charge is 0.497 e. The molecule has 0 N–H and O–H groups in total. The van der Waals surface area contributed by atoms with Gasteiger partial charge in [-0.1, -0.05) is 12.2 Å². The first-order valence-corrected chi connectivity index (χ1v) is 5.41. The van der Waals surface area contributed by atoms with E-state index >= 15 is 0 Å². The van der Waals surface area contributed by atoms with Crippen molar-refractivity contribution in [2.45, 2.75) is 6.42 Å². The summed E-state index contributed by atoms with van der Waals surface area (Å²) >= 11 is 0. The minimum absolute atomic E-state index is 0.587. The predicted octanol–water partition coefficient (Wildman–Crippen LogP) is 1.37. The van der Waals surface area contributed by atoms with Crippen LogP contribution in [-0.2, 0) is 23.8 Å². The predicted molar refractivity (Wildman–Crippen MR) is 64.5 cm³/mol. The van der Waals surface area contributed by atoms with Crippen molar-refractivity contribution in [1.29, 1.82) is 0 Å². The molecule has 0 aromatic rings. The van der Waals surface area contributed by atoms with Crippen molar-refractivity contribution in [2.75, 3.05) is 21.3 Å². The van der Waals surface area contributed by atoms with E-state index in [1.165, 1.54) is 20.3 Å². The van der Waals surface area contributed by atoms with Gasteiger partial charge in [-0.15, -0.1) is 0 Å². The van der Waals surface area contributed by atoms with Crippen molar-refractivity contribution >= 4 is 11.9 Å². The van der Waals surface area contributed by atoms with Gasteiger partial charge in [0.05, 0.1) is 21.3 Å². The van der Waals surface area contributed by atoms with Crippen LogP contribution in [0.1, 0.15) is 6.42 Å². The third-order valence-corrected chi connectivity index (χ3v) is 2.53. The highest BCUT2D eigenvalue weighted by atomic mass is 16.5. The molecule has 0 atom stereocenters. The first kappa shape index (κ1) is 14.0. The number of esters is 2. The van der Waals surface area contributed by atoms with Crippen LogP contribution in [0, 0.1) is 5.92 Å². The minimum atomic E-state index is -1.03. The van der Waals surface area contributed by atoms with Crippen molar-refractivity contribution in [1.82, 2.24) is 0 Å². The van der Waals surface area contributed by atoms with Crippen LogP contribution < -0.4 is 0 Å². The molecule has 98 valence electrons. The Morgan fingerprint density at radius 2 is 1.78 bits per heavy atom. The van der Waals surface area contributed by atoms with E-state index in [1.807, 2.05) is 6.08 Å². The van der Waals surface area contributed by atoms with Gasteiger partial charge in [0.2, 0.25) is 0 Å². The van der Waals surface area contributed by atoms with Gasteiger partial charge in [0.15, 0.2) is 5.92 Å². The van der Waals surface area contributed by atoms with Gasteiger partial charge in [-0.3, -0.25) is 9.59 Å². The van der Waals surface area contributed by atoms with Crippen molar-refractivity contribution in [3.8, 4) is 0 Å². The number of ether oxygens (including phenoxy) is 3. The molecule has 1 aliphatic carbocycles. The number of allylic oxidation sites excluding steroid dienone is 4. The topological polar surface area (TPSA) is 61.8 Å². The second kappa shape index (κ2) is 6.64. The normalized spacial score (nSPS) is 16.4. The van der Waals surface area contributed by atoms with Gasteiger partial charge in [0.25, 0.3) is 0 Å². The van der Waals surface area contributed by atoms with Crippen LogP contribution in [0.15, 0.2) is 35.6 Å². The Hall–Kier alpha value is -2.04. The van der Waals surface area contributed by atoms with Crippen LogP contribution in [-0.4, -0.2) is 33.3 Å². The maximum absolute atomic E-state index is 11.5. The average molecular weight is 252 g/mol. The van der Waals surface area contributed by atoms with E-state index in [9.17, 15) is 9.59 Å². The molecule has 1 rings (SSSR count). The standard InChI is InChI=1S/C13H16O5/c1-16-10-6-4-9(5-7-10)8-11(12(14)17-2)13(15)18-3/h4,6-8,11H,5H2,1-3H3/b9-8+. The number of carbonyl (C=O) groups is 2. The third kappa shape index (κ3) is 3.48. The number of hydrogen-bond acceptors (Lipinski definition) is 5. The van der Waals surface area contributed by atoms with Gasteiger partial charge in [-0.05, 0) is 24.1 Å². The minimum Gasteiger partial charge on any atom is -0.497 e. The van der Waals surface area contributed by atoms with Crippen LogP contribution in [0.2, 0.25) is 0 Å². The zero-order valence-electron chi connectivity index (χ0n) is 10.6. The van der Waals surface area contributed by atoms with E-state index in [0.717, 1.165) is 11.3 Å². The Morgan fingerprint density at radius 3 is 2.17 bits per heavy atom. The highest BCUT2D eigenvalue weighted by Gasteiger charge is 2.26. The zero-order valence-corrected chi connectivity index (χ0v) is 10.6. The first-order chi connectivity index (χ1) is 8.62. The summed E-state index contributed by atoms with van der Waals surface area (Å²) in [4.78, 5) is 22.9. The quantitative estimate of drug-likeness (QED) is 0.558. The van der Waals surface area contributed by atoms with Crippen molar-refractivity contribution < 1.29 is 23.8 Å². The lowest BCUT2D eigenvalue weighted by atomic mass is 10.0. The summed E-state index contributed by atoms with van der Waals surface area (Å²) in [6.07, 6.45) is 7.54. The molecule has 0 aromatic carbocycles. The summed E-state index contributed by atoms with van der Waals surface area (Å²) in [6.45, 7) is 0. The van der Waals surface area contributed by atoms with E-state index < -0.39 is 17.9 Å². The van der Waals surface area contributed by atoms with E-state index in [0.29, 0.717) is 6.42 Å². The summed E-state index contributed by atoms with van der Waals surface area (Å²) in [5.41, 5.74) is 0.830. The summed E-state index contributed by atoms with van der Waals surface area (Å²) in [5.74, 6) is -1.55. The molecule has 0 saturated carbocycles. The van der Waals surface area contributed by atoms with Crippen LogP contribution in [0.4, 0.5) is 0 Å². The molecule has 5 heteroatoms. The Bertz CT molecular complexity index is 401. The van der Waals surface area contributed by atoms with E-state index in [-0.39, 0.29) is 0 Å². The molecule has 0 aliphatic heterocycles. The van der Waals surface area contributed by atoms with E-state index in [1.54, 1.807) is 19.3 Å². The molecular formula is C13H16O5. The Morgan fingerprint density at radius 1 is 1.17 bits per heavy atom. The summed E-state index contributed by atoms with van der Waals surface area (Å²) in [5, 5.41) is 0. The second-order valence-electron chi connectivity index (χ2n) is 3.61. The number of carbonyl (C=O) groups excluding carboxylic acids is 2. The zero-order chi connectivity index (χ0) is 13.5. The lowest BCUT2D eigenvalue weighted by molar-refractivity contribution is -0.156. The third-order valence-electron chi connectivity index (χ3n) is 2.53. The van der Waals surface area contributed by atoms with Gasteiger partial charge < -0.3 is 14.2 Å². The van der Waals surface area contributed by atoms with Gasteiger partial charge in [0.1, 0.15) is 5.76 Å². The maximum atomic E-state index is 11.5. The molecule has 0 heterocycles. The van der Waals surface area contributed by atoms with Gasteiger partial charge >= 0.3 is 11.9 Å². The van der Waals surface area contributed by atoms with Crippen LogP contribution in [0.3, 0.4) is 0 Å². The SMILES string of the molecule is COC(=O)C(/C=C1\C=CC(OC)=CC1)C(=O)OC. The van der Waals surface area contributed by atoms with E-state index in [2.05, 4.69) is 9.47 Å². The molecule has 0 spiro atoms. The molecule has 0 fully saturated rings. The van der Waals surface area contributed by atoms with Gasteiger partial charge in [-0.25, -0.2) is 0 Å². The Kier molecular flexibility index (Phi) is 5.17. The fourth-order valence-corrected chi connectivity index (χ4v) is 1.52. The fraction of sp³-hybridized carbons (Fsp3) is 0.385. The Labute approximate surface area is 106 Å². The fourth-order valence-electron chi connectivity index (χ4n) is 1.52. The first-order valence-electron chi connectivity index (χ1n) is 5.41. The van der Waals surface area contributed by atoms with Crippen LogP contribution >= 0.6 is 0 Å². The molecule has 0 bridgehead atoms. The molecule has 0 unspecified atom stereocenters. The second-order valence-corrected chi connectivity index (χ2v) is 3.61. The average Bonchev–Trinajstić information content (AvgIpc) is 2.43. The highest BCUT2D eigenvalue weighted by Crippen LogP contribution is 2.19.